The fourth-order valence-corrected chi connectivity index (χ4v) is 6.82. The molecule has 8 nitrogen and oxygen atoms in total. The van der Waals surface area contributed by atoms with Gasteiger partial charge in [-0.3, -0.25) is 13.9 Å². The van der Waals surface area contributed by atoms with Gasteiger partial charge in [0, 0.05) is 12.6 Å². The van der Waals surface area contributed by atoms with Crippen LogP contribution >= 0.6 is 0 Å². The van der Waals surface area contributed by atoms with E-state index in [1.54, 1.807) is 37.3 Å². The van der Waals surface area contributed by atoms with E-state index in [1.165, 1.54) is 24.1 Å². The normalized spacial score (nSPS) is 14.6. The first-order valence-corrected chi connectivity index (χ1v) is 15.9. The molecule has 0 spiro atoms. The van der Waals surface area contributed by atoms with Crippen LogP contribution in [0.2, 0.25) is 0 Å². The Hall–Kier alpha value is -3.85. The lowest BCUT2D eigenvalue weighted by Gasteiger charge is -2.33. The molecule has 0 radical (unpaired) electrons. The molecular formula is C33H41N3O5S. The second kappa shape index (κ2) is 13.9. The molecule has 3 aromatic carbocycles. The van der Waals surface area contributed by atoms with Gasteiger partial charge in [0.2, 0.25) is 11.8 Å². The largest absolute Gasteiger partial charge is 0.495 e. The maximum Gasteiger partial charge on any atom is 0.264 e. The molecule has 1 fully saturated rings. The molecule has 0 aliphatic heterocycles. The zero-order valence-corrected chi connectivity index (χ0v) is 25.7. The number of sulfonamides is 1. The number of benzene rings is 3. The van der Waals surface area contributed by atoms with Gasteiger partial charge in [-0.05, 0) is 69.0 Å². The lowest BCUT2D eigenvalue weighted by atomic mass is 9.95. The molecule has 0 bridgehead atoms. The highest BCUT2D eigenvalue weighted by molar-refractivity contribution is 7.92. The Labute approximate surface area is 249 Å². The third-order valence-corrected chi connectivity index (χ3v) is 9.54. The SMILES string of the molecule is COc1ccc(C)cc1N(CC(=O)N(Cc1cccc(C)c1)C(C)C(=O)NC1CCCCC1)S(=O)(=O)c1ccccc1. The molecule has 1 aliphatic rings. The summed E-state index contributed by atoms with van der Waals surface area (Å²) in [6.07, 6.45) is 5.13. The van der Waals surface area contributed by atoms with Crippen LogP contribution in [0.5, 0.6) is 5.75 Å². The van der Waals surface area contributed by atoms with Crippen LogP contribution in [0.25, 0.3) is 0 Å². The van der Waals surface area contributed by atoms with E-state index in [4.69, 9.17) is 4.74 Å². The summed E-state index contributed by atoms with van der Waals surface area (Å²) >= 11 is 0. The molecule has 224 valence electrons. The Kier molecular flexibility index (Phi) is 10.3. The van der Waals surface area contributed by atoms with Crippen LogP contribution in [-0.4, -0.2) is 50.9 Å². The first kappa shape index (κ1) is 31.1. The fourth-order valence-electron chi connectivity index (χ4n) is 5.39. The zero-order chi connectivity index (χ0) is 30.3. The lowest BCUT2D eigenvalue weighted by molar-refractivity contribution is -0.139. The smallest absolute Gasteiger partial charge is 0.264 e. The number of aryl methyl sites for hydroxylation is 2. The number of amides is 2. The Bertz CT molecular complexity index is 1490. The number of carbonyl (C=O) groups excluding carboxylic acids is 2. The van der Waals surface area contributed by atoms with Crippen molar-refractivity contribution >= 4 is 27.5 Å². The van der Waals surface area contributed by atoms with Gasteiger partial charge >= 0.3 is 0 Å². The second-order valence-electron chi connectivity index (χ2n) is 11.0. The fraction of sp³-hybridized carbons (Fsp3) is 0.394. The number of methoxy groups -OCH3 is 1. The Morgan fingerprint density at radius 2 is 1.62 bits per heavy atom. The first-order chi connectivity index (χ1) is 20.1. The number of hydrogen-bond donors (Lipinski definition) is 1. The molecule has 0 aromatic heterocycles. The molecule has 1 N–H and O–H groups in total. The molecule has 42 heavy (non-hydrogen) atoms. The van der Waals surface area contributed by atoms with E-state index in [-0.39, 0.29) is 29.1 Å². The van der Waals surface area contributed by atoms with Crippen LogP contribution < -0.4 is 14.4 Å². The lowest BCUT2D eigenvalue weighted by Crippen LogP contribution is -2.53. The summed E-state index contributed by atoms with van der Waals surface area (Å²) in [7, 11) is -2.71. The van der Waals surface area contributed by atoms with E-state index in [1.807, 2.05) is 44.2 Å². The van der Waals surface area contributed by atoms with Gasteiger partial charge in [0.1, 0.15) is 18.3 Å². The van der Waals surface area contributed by atoms with Crippen molar-refractivity contribution in [1.82, 2.24) is 10.2 Å². The van der Waals surface area contributed by atoms with E-state index in [0.717, 1.165) is 53.1 Å². The minimum atomic E-state index is -4.17. The molecule has 4 rings (SSSR count). The van der Waals surface area contributed by atoms with Gasteiger partial charge in [0.25, 0.3) is 10.0 Å². The predicted molar refractivity (Wildman–Crippen MR) is 165 cm³/mol. The van der Waals surface area contributed by atoms with Gasteiger partial charge in [-0.25, -0.2) is 8.42 Å². The number of hydrogen-bond acceptors (Lipinski definition) is 5. The van der Waals surface area contributed by atoms with E-state index in [2.05, 4.69) is 5.32 Å². The minimum absolute atomic E-state index is 0.0506. The molecule has 1 unspecified atom stereocenters. The number of carbonyl (C=O) groups is 2. The second-order valence-corrected chi connectivity index (χ2v) is 12.9. The number of rotatable bonds is 11. The van der Waals surface area contributed by atoms with E-state index in [0.29, 0.717) is 5.75 Å². The Morgan fingerprint density at radius 3 is 2.29 bits per heavy atom. The highest BCUT2D eigenvalue weighted by Crippen LogP contribution is 2.33. The molecular weight excluding hydrogens is 550 g/mol. The van der Waals surface area contributed by atoms with Crippen molar-refractivity contribution in [2.75, 3.05) is 18.0 Å². The van der Waals surface area contributed by atoms with Crippen molar-refractivity contribution in [2.45, 2.75) is 76.4 Å². The molecule has 9 heteroatoms. The van der Waals surface area contributed by atoms with E-state index >= 15 is 0 Å². The minimum Gasteiger partial charge on any atom is -0.495 e. The van der Waals surface area contributed by atoms with Crippen molar-refractivity contribution in [2.24, 2.45) is 0 Å². The molecule has 1 atom stereocenters. The number of nitrogens with zero attached hydrogens (tertiary/aromatic N) is 2. The predicted octanol–water partition coefficient (Wildman–Crippen LogP) is 5.37. The summed E-state index contributed by atoms with van der Waals surface area (Å²) in [5.74, 6) is -0.416. The van der Waals surface area contributed by atoms with Gasteiger partial charge in [-0.2, -0.15) is 0 Å². The molecule has 3 aromatic rings. The van der Waals surface area contributed by atoms with Crippen molar-refractivity contribution in [1.29, 1.82) is 0 Å². The van der Waals surface area contributed by atoms with Gasteiger partial charge < -0.3 is 15.0 Å². The molecule has 2 amide bonds. The summed E-state index contributed by atoms with van der Waals surface area (Å²) in [5, 5.41) is 3.13. The first-order valence-electron chi connectivity index (χ1n) is 14.5. The van der Waals surface area contributed by atoms with Crippen molar-refractivity contribution in [3.8, 4) is 5.75 Å². The van der Waals surface area contributed by atoms with Gasteiger partial charge in [-0.15, -0.1) is 0 Å². The molecule has 0 saturated heterocycles. The van der Waals surface area contributed by atoms with Crippen LogP contribution in [-0.2, 0) is 26.2 Å². The van der Waals surface area contributed by atoms with Gasteiger partial charge in [-0.1, -0.05) is 73.4 Å². The Balaban J connectivity index is 1.72. The van der Waals surface area contributed by atoms with Crippen molar-refractivity contribution in [3.05, 3.63) is 89.5 Å². The third-order valence-electron chi connectivity index (χ3n) is 7.77. The average molecular weight is 592 g/mol. The van der Waals surface area contributed by atoms with Crippen LogP contribution in [0.15, 0.2) is 77.7 Å². The molecule has 0 heterocycles. The van der Waals surface area contributed by atoms with Gasteiger partial charge in [0.05, 0.1) is 17.7 Å². The average Bonchev–Trinajstić information content (AvgIpc) is 2.99. The quantitative estimate of drug-likeness (QED) is 0.323. The van der Waals surface area contributed by atoms with E-state index in [9.17, 15) is 18.0 Å². The van der Waals surface area contributed by atoms with Crippen LogP contribution in [0.1, 0.15) is 55.7 Å². The van der Waals surface area contributed by atoms with Crippen LogP contribution in [0, 0.1) is 13.8 Å². The summed E-state index contributed by atoms with van der Waals surface area (Å²) in [6.45, 7) is 5.16. The zero-order valence-electron chi connectivity index (χ0n) is 24.9. The van der Waals surface area contributed by atoms with Crippen molar-refractivity contribution < 1.29 is 22.7 Å². The monoisotopic (exact) mass is 591 g/mol. The number of ether oxygens (including phenoxy) is 1. The summed E-state index contributed by atoms with van der Waals surface area (Å²) < 4.78 is 34.7. The summed E-state index contributed by atoms with van der Waals surface area (Å²) in [4.78, 5) is 29.2. The highest BCUT2D eigenvalue weighted by Gasteiger charge is 2.34. The molecule has 1 saturated carbocycles. The van der Waals surface area contributed by atoms with E-state index < -0.39 is 28.5 Å². The van der Waals surface area contributed by atoms with Crippen molar-refractivity contribution in [3.63, 3.8) is 0 Å². The topological polar surface area (TPSA) is 96.0 Å². The molecule has 1 aliphatic carbocycles. The van der Waals surface area contributed by atoms with Gasteiger partial charge in [0.15, 0.2) is 0 Å². The maximum absolute atomic E-state index is 14.2. The van der Waals surface area contributed by atoms with Crippen LogP contribution in [0.3, 0.4) is 0 Å². The summed E-state index contributed by atoms with van der Waals surface area (Å²) in [6, 6.07) is 20.2. The Morgan fingerprint density at radius 1 is 0.929 bits per heavy atom. The van der Waals surface area contributed by atoms with Crippen LogP contribution in [0.4, 0.5) is 5.69 Å². The maximum atomic E-state index is 14.2. The highest BCUT2D eigenvalue weighted by atomic mass is 32.2. The number of anilines is 1. The summed E-state index contributed by atoms with van der Waals surface area (Å²) in [5.41, 5.74) is 2.94. The third kappa shape index (κ3) is 7.50. The number of nitrogens with one attached hydrogen (secondary N) is 1. The standard InChI is InChI=1S/C33H41N3O5S/c1-24-12-11-13-27(20-24)22-35(26(3)33(38)34-28-14-7-5-8-15-28)32(37)23-36(30-21-25(2)18-19-31(30)41-4)42(39,40)29-16-9-6-10-17-29/h6,9-13,16-21,26,28H,5,7-8,14-15,22-23H2,1-4H3,(H,34,38).